The maximum Gasteiger partial charge on any atom is 0.244 e. The van der Waals surface area contributed by atoms with Gasteiger partial charge in [0.15, 0.2) is 0 Å². The summed E-state index contributed by atoms with van der Waals surface area (Å²) in [5.41, 5.74) is 0.420. The normalized spacial score (nSPS) is 12.3. The number of amides is 2. The van der Waals surface area contributed by atoms with E-state index >= 15 is 0 Å². The lowest BCUT2D eigenvalue weighted by atomic mass is 10.1. The maximum absolute atomic E-state index is 14.3. The highest BCUT2D eigenvalue weighted by atomic mass is 35.5. The molecule has 10 heteroatoms. The predicted octanol–water partition coefficient (Wildman–Crippen LogP) is 3.43. The Morgan fingerprint density at radius 1 is 1.09 bits per heavy atom. The molecular weight excluding hydrogens is 469 g/mol. The molecule has 2 rings (SSSR count). The maximum atomic E-state index is 14.3. The average Bonchev–Trinajstić information content (AvgIpc) is 2.73. The summed E-state index contributed by atoms with van der Waals surface area (Å²) in [5, 5.41) is 3.07. The standard InChI is InChI=1S/C23H29ClFN3O4S/c1-16(2)13-26-23(30)17(3)27(14-18-8-5-6-11-21(18)25)22(29)15-28(33(4,31)32)20-10-7-9-19(24)12-20/h5-12,16-17H,13-15H2,1-4H3,(H,26,30)/t17-/m1/s1. The molecule has 0 aliphatic carbocycles. The minimum absolute atomic E-state index is 0.195. The number of carbonyl (C=O) groups excluding carboxylic acids is 2. The molecule has 180 valence electrons. The lowest BCUT2D eigenvalue weighted by Crippen LogP contribution is -2.51. The van der Waals surface area contributed by atoms with E-state index in [0.29, 0.717) is 11.6 Å². The Labute approximate surface area is 199 Å². The van der Waals surface area contributed by atoms with Gasteiger partial charge in [0.2, 0.25) is 21.8 Å². The molecule has 0 bridgehead atoms. The van der Waals surface area contributed by atoms with E-state index in [0.717, 1.165) is 10.6 Å². The van der Waals surface area contributed by atoms with E-state index in [2.05, 4.69) is 5.32 Å². The minimum atomic E-state index is -3.86. The summed E-state index contributed by atoms with van der Waals surface area (Å²) in [6, 6.07) is 11.1. The summed E-state index contributed by atoms with van der Waals surface area (Å²) in [4.78, 5) is 27.2. The van der Waals surface area contributed by atoms with Gasteiger partial charge in [-0.25, -0.2) is 12.8 Å². The highest BCUT2D eigenvalue weighted by Gasteiger charge is 2.30. The number of hydrogen-bond acceptors (Lipinski definition) is 4. The second-order valence-electron chi connectivity index (χ2n) is 8.18. The smallest absolute Gasteiger partial charge is 0.244 e. The topological polar surface area (TPSA) is 86.8 Å². The van der Waals surface area contributed by atoms with E-state index in [4.69, 9.17) is 11.6 Å². The molecule has 33 heavy (non-hydrogen) atoms. The first-order valence-corrected chi connectivity index (χ1v) is 12.7. The van der Waals surface area contributed by atoms with Gasteiger partial charge < -0.3 is 10.2 Å². The molecule has 0 saturated heterocycles. The van der Waals surface area contributed by atoms with Crippen molar-refractivity contribution in [2.24, 2.45) is 5.92 Å². The van der Waals surface area contributed by atoms with Crippen LogP contribution >= 0.6 is 11.6 Å². The first kappa shape index (κ1) is 26.6. The van der Waals surface area contributed by atoms with Crippen LogP contribution in [0.4, 0.5) is 10.1 Å². The Morgan fingerprint density at radius 3 is 2.33 bits per heavy atom. The highest BCUT2D eigenvalue weighted by molar-refractivity contribution is 7.92. The highest BCUT2D eigenvalue weighted by Crippen LogP contribution is 2.22. The fraction of sp³-hybridized carbons (Fsp3) is 0.391. The summed E-state index contributed by atoms with van der Waals surface area (Å²) in [6.07, 6.45) is 0.973. The summed E-state index contributed by atoms with van der Waals surface area (Å²) < 4.78 is 40.2. The molecule has 0 saturated carbocycles. The van der Waals surface area contributed by atoms with Crippen molar-refractivity contribution in [1.82, 2.24) is 10.2 Å². The van der Waals surface area contributed by atoms with Crippen LogP contribution in [0.15, 0.2) is 48.5 Å². The third-order valence-corrected chi connectivity index (χ3v) is 6.30. The molecule has 1 N–H and O–H groups in total. The van der Waals surface area contributed by atoms with Crippen molar-refractivity contribution in [3.05, 3.63) is 64.9 Å². The Balaban J connectivity index is 2.38. The van der Waals surface area contributed by atoms with Gasteiger partial charge in [-0.2, -0.15) is 0 Å². The van der Waals surface area contributed by atoms with Gasteiger partial charge in [0.05, 0.1) is 11.9 Å². The third-order valence-electron chi connectivity index (χ3n) is 4.93. The van der Waals surface area contributed by atoms with Gasteiger partial charge in [-0.1, -0.05) is 49.7 Å². The van der Waals surface area contributed by atoms with Gasteiger partial charge in [0.1, 0.15) is 18.4 Å². The zero-order valence-electron chi connectivity index (χ0n) is 19.1. The molecular formula is C23H29ClFN3O4S. The van der Waals surface area contributed by atoms with Crippen molar-refractivity contribution in [2.45, 2.75) is 33.4 Å². The largest absolute Gasteiger partial charge is 0.354 e. The number of rotatable bonds is 10. The van der Waals surface area contributed by atoms with Crippen LogP contribution in [0.1, 0.15) is 26.3 Å². The lowest BCUT2D eigenvalue weighted by Gasteiger charge is -2.31. The molecule has 2 aromatic rings. The fourth-order valence-electron chi connectivity index (χ4n) is 3.09. The van der Waals surface area contributed by atoms with Crippen molar-refractivity contribution < 1.29 is 22.4 Å². The number of anilines is 1. The third kappa shape index (κ3) is 7.71. The minimum Gasteiger partial charge on any atom is -0.354 e. The van der Waals surface area contributed by atoms with Crippen LogP contribution in [-0.4, -0.2) is 50.5 Å². The molecule has 0 spiro atoms. The molecule has 0 aliphatic heterocycles. The SMILES string of the molecule is CC(C)CNC(=O)[C@@H](C)N(Cc1ccccc1F)C(=O)CN(c1cccc(Cl)c1)S(C)(=O)=O. The number of nitrogens with one attached hydrogen (secondary N) is 1. The zero-order chi connectivity index (χ0) is 24.8. The Morgan fingerprint density at radius 2 is 1.76 bits per heavy atom. The first-order valence-electron chi connectivity index (χ1n) is 10.4. The predicted molar refractivity (Wildman–Crippen MR) is 128 cm³/mol. The Bertz CT molecular complexity index is 1090. The molecule has 0 fully saturated rings. The molecule has 0 heterocycles. The number of benzene rings is 2. The second-order valence-corrected chi connectivity index (χ2v) is 10.5. The van der Waals surface area contributed by atoms with Gasteiger partial charge in [0.25, 0.3) is 0 Å². The molecule has 0 radical (unpaired) electrons. The summed E-state index contributed by atoms with van der Waals surface area (Å²) in [6.45, 7) is 5.02. The van der Waals surface area contributed by atoms with Crippen LogP contribution < -0.4 is 9.62 Å². The van der Waals surface area contributed by atoms with Gasteiger partial charge in [-0.3, -0.25) is 13.9 Å². The number of halogens is 2. The number of sulfonamides is 1. The van der Waals surface area contributed by atoms with E-state index in [-0.39, 0.29) is 23.7 Å². The van der Waals surface area contributed by atoms with Crippen LogP contribution in [0.5, 0.6) is 0 Å². The second kappa shape index (κ2) is 11.5. The van der Waals surface area contributed by atoms with Crippen molar-refractivity contribution in [3.8, 4) is 0 Å². The van der Waals surface area contributed by atoms with E-state index < -0.39 is 40.2 Å². The molecule has 7 nitrogen and oxygen atoms in total. The monoisotopic (exact) mass is 497 g/mol. The van der Waals surface area contributed by atoms with Crippen molar-refractivity contribution in [1.29, 1.82) is 0 Å². The lowest BCUT2D eigenvalue weighted by molar-refractivity contribution is -0.139. The van der Waals surface area contributed by atoms with E-state index in [1.54, 1.807) is 18.2 Å². The number of carbonyl (C=O) groups is 2. The van der Waals surface area contributed by atoms with Crippen molar-refractivity contribution >= 4 is 39.1 Å². The van der Waals surface area contributed by atoms with Crippen LogP contribution in [0.3, 0.4) is 0 Å². The van der Waals surface area contributed by atoms with E-state index in [1.807, 2.05) is 13.8 Å². The summed E-state index contributed by atoms with van der Waals surface area (Å²) >= 11 is 6.00. The molecule has 0 aliphatic rings. The van der Waals surface area contributed by atoms with Crippen LogP contribution in [0.2, 0.25) is 5.02 Å². The van der Waals surface area contributed by atoms with Gasteiger partial charge >= 0.3 is 0 Å². The Hall–Kier alpha value is -2.65. The molecule has 2 amide bonds. The first-order chi connectivity index (χ1) is 15.4. The fourth-order valence-corrected chi connectivity index (χ4v) is 4.12. The van der Waals surface area contributed by atoms with Gasteiger partial charge in [-0.05, 0) is 37.1 Å². The van der Waals surface area contributed by atoms with Crippen LogP contribution in [0.25, 0.3) is 0 Å². The number of hydrogen-bond donors (Lipinski definition) is 1. The summed E-state index contributed by atoms with van der Waals surface area (Å²) in [5.74, 6) is -1.40. The van der Waals surface area contributed by atoms with Crippen molar-refractivity contribution in [3.63, 3.8) is 0 Å². The average molecular weight is 498 g/mol. The quantitative estimate of drug-likeness (QED) is 0.544. The molecule has 0 aromatic heterocycles. The zero-order valence-corrected chi connectivity index (χ0v) is 20.7. The van der Waals surface area contributed by atoms with Crippen molar-refractivity contribution in [2.75, 3.05) is 23.7 Å². The van der Waals surface area contributed by atoms with E-state index in [1.165, 1.54) is 42.2 Å². The van der Waals surface area contributed by atoms with Crippen LogP contribution in [-0.2, 0) is 26.2 Å². The molecule has 0 unspecified atom stereocenters. The number of nitrogens with zero attached hydrogens (tertiary/aromatic N) is 2. The van der Waals surface area contributed by atoms with E-state index in [9.17, 15) is 22.4 Å². The Kier molecular flexibility index (Phi) is 9.25. The summed E-state index contributed by atoms with van der Waals surface area (Å²) in [7, 11) is -3.86. The van der Waals surface area contributed by atoms with Gasteiger partial charge in [-0.15, -0.1) is 0 Å². The molecule has 1 atom stereocenters. The van der Waals surface area contributed by atoms with Crippen LogP contribution in [0, 0.1) is 11.7 Å². The molecule has 2 aromatic carbocycles. The van der Waals surface area contributed by atoms with Gasteiger partial charge in [0, 0.05) is 23.7 Å².